The van der Waals surface area contributed by atoms with E-state index in [4.69, 9.17) is 5.26 Å². The van der Waals surface area contributed by atoms with E-state index in [1.165, 1.54) is 4.88 Å². The second-order valence-corrected chi connectivity index (χ2v) is 5.45. The Kier molecular flexibility index (Phi) is 3.58. The summed E-state index contributed by atoms with van der Waals surface area (Å²) in [6.45, 7) is 6.47. The summed E-state index contributed by atoms with van der Waals surface area (Å²) in [7, 11) is 0. The summed E-state index contributed by atoms with van der Waals surface area (Å²) in [5.41, 5.74) is 2.46. The maximum absolute atomic E-state index is 9.15. The smallest absolute Gasteiger partial charge is 0.144 e. The van der Waals surface area contributed by atoms with Crippen LogP contribution in [0, 0.1) is 32.1 Å². The number of nitrogens with zero attached hydrogens (tertiary/aromatic N) is 3. The molecular weight excluding hydrogens is 244 g/mol. The van der Waals surface area contributed by atoms with Crippen molar-refractivity contribution in [2.75, 3.05) is 5.32 Å². The van der Waals surface area contributed by atoms with Crippen LogP contribution in [0.15, 0.2) is 12.3 Å². The SMILES string of the molecule is Cc1cc(C)c(C#N)c(NCc2ncc(C)s2)n1. The molecule has 0 atom stereocenters. The van der Waals surface area contributed by atoms with E-state index in [1.807, 2.05) is 33.0 Å². The van der Waals surface area contributed by atoms with Gasteiger partial charge in [-0.3, -0.25) is 0 Å². The van der Waals surface area contributed by atoms with Gasteiger partial charge in [-0.1, -0.05) is 0 Å². The van der Waals surface area contributed by atoms with Gasteiger partial charge in [0.25, 0.3) is 0 Å². The minimum atomic E-state index is 0.600. The Morgan fingerprint density at radius 1 is 1.39 bits per heavy atom. The summed E-state index contributed by atoms with van der Waals surface area (Å²) in [5.74, 6) is 0.642. The van der Waals surface area contributed by atoms with Gasteiger partial charge in [-0.05, 0) is 32.4 Å². The molecule has 18 heavy (non-hydrogen) atoms. The van der Waals surface area contributed by atoms with Crippen molar-refractivity contribution >= 4 is 17.2 Å². The van der Waals surface area contributed by atoms with Crippen LogP contribution in [0.4, 0.5) is 5.82 Å². The van der Waals surface area contributed by atoms with Gasteiger partial charge in [0.15, 0.2) is 0 Å². The standard InChI is InChI=1S/C13H14N4S/c1-8-4-9(2)17-13(11(8)5-14)16-7-12-15-6-10(3)18-12/h4,6H,7H2,1-3H3,(H,16,17). The Bertz CT molecular complexity index is 610. The molecule has 1 N–H and O–H groups in total. The van der Waals surface area contributed by atoms with Gasteiger partial charge in [0.2, 0.25) is 0 Å². The van der Waals surface area contributed by atoms with E-state index in [0.717, 1.165) is 16.3 Å². The zero-order chi connectivity index (χ0) is 13.1. The Hall–Kier alpha value is -1.93. The summed E-state index contributed by atoms with van der Waals surface area (Å²) in [6, 6.07) is 4.10. The zero-order valence-electron chi connectivity index (χ0n) is 10.6. The van der Waals surface area contributed by atoms with Crippen molar-refractivity contribution in [3.8, 4) is 6.07 Å². The maximum Gasteiger partial charge on any atom is 0.144 e. The number of nitrogens with one attached hydrogen (secondary N) is 1. The van der Waals surface area contributed by atoms with Crippen LogP contribution in [-0.4, -0.2) is 9.97 Å². The normalized spacial score (nSPS) is 10.1. The Labute approximate surface area is 110 Å². The molecule has 0 saturated carbocycles. The van der Waals surface area contributed by atoms with Crippen LogP contribution < -0.4 is 5.32 Å². The molecule has 2 aromatic heterocycles. The molecule has 4 nitrogen and oxygen atoms in total. The first kappa shape index (κ1) is 12.5. The number of hydrogen-bond acceptors (Lipinski definition) is 5. The Balaban J connectivity index is 2.21. The van der Waals surface area contributed by atoms with Crippen LogP contribution in [0.5, 0.6) is 0 Å². The van der Waals surface area contributed by atoms with Gasteiger partial charge in [-0.25, -0.2) is 9.97 Å². The van der Waals surface area contributed by atoms with Crippen molar-refractivity contribution in [3.05, 3.63) is 39.0 Å². The first-order valence-corrected chi connectivity index (χ1v) is 6.45. The number of aryl methyl sites for hydroxylation is 3. The maximum atomic E-state index is 9.15. The number of nitriles is 1. The van der Waals surface area contributed by atoms with Gasteiger partial charge >= 0.3 is 0 Å². The molecule has 92 valence electrons. The lowest BCUT2D eigenvalue weighted by Crippen LogP contribution is -2.05. The van der Waals surface area contributed by atoms with Gasteiger partial charge in [-0.15, -0.1) is 11.3 Å². The highest BCUT2D eigenvalue weighted by Gasteiger charge is 2.08. The van der Waals surface area contributed by atoms with E-state index in [-0.39, 0.29) is 0 Å². The highest BCUT2D eigenvalue weighted by atomic mass is 32.1. The first-order valence-electron chi connectivity index (χ1n) is 5.63. The van der Waals surface area contributed by atoms with Crippen LogP contribution >= 0.6 is 11.3 Å². The molecule has 0 amide bonds. The van der Waals surface area contributed by atoms with E-state index in [0.29, 0.717) is 17.9 Å². The summed E-state index contributed by atoms with van der Waals surface area (Å²) in [5, 5.41) is 13.3. The van der Waals surface area contributed by atoms with Gasteiger partial charge in [0.1, 0.15) is 16.9 Å². The van der Waals surface area contributed by atoms with Crippen LogP contribution in [0.3, 0.4) is 0 Å². The molecule has 5 heteroatoms. The molecular formula is C13H14N4S. The first-order chi connectivity index (χ1) is 8.60. The summed E-state index contributed by atoms with van der Waals surface area (Å²) in [4.78, 5) is 9.83. The fourth-order valence-corrected chi connectivity index (χ4v) is 2.48. The number of anilines is 1. The van der Waals surface area contributed by atoms with Crippen molar-refractivity contribution in [2.24, 2.45) is 0 Å². The zero-order valence-corrected chi connectivity index (χ0v) is 11.4. The lowest BCUT2D eigenvalue weighted by Gasteiger charge is -2.08. The third-order valence-corrected chi connectivity index (χ3v) is 3.45. The highest BCUT2D eigenvalue weighted by Crippen LogP contribution is 2.19. The number of thiazole rings is 1. The largest absolute Gasteiger partial charge is 0.362 e. The second-order valence-electron chi connectivity index (χ2n) is 4.13. The molecule has 0 unspecified atom stereocenters. The molecule has 0 bridgehead atoms. The summed E-state index contributed by atoms with van der Waals surface area (Å²) >= 11 is 1.64. The monoisotopic (exact) mass is 258 g/mol. The molecule has 0 aliphatic heterocycles. The molecule has 0 spiro atoms. The van der Waals surface area contributed by atoms with Crippen LogP contribution in [-0.2, 0) is 6.54 Å². The predicted octanol–water partition coefficient (Wildman–Crippen LogP) is 2.95. The van der Waals surface area contributed by atoms with Crippen molar-refractivity contribution in [3.63, 3.8) is 0 Å². The minimum Gasteiger partial charge on any atom is -0.362 e. The van der Waals surface area contributed by atoms with Crippen molar-refractivity contribution in [2.45, 2.75) is 27.3 Å². The van der Waals surface area contributed by atoms with E-state index in [1.54, 1.807) is 11.3 Å². The number of hydrogen-bond donors (Lipinski definition) is 1. The van der Waals surface area contributed by atoms with Crippen LogP contribution in [0.25, 0.3) is 0 Å². The van der Waals surface area contributed by atoms with Gasteiger partial charge in [-0.2, -0.15) is 5.26 Å². The number of aromatic nitrogens is 2. The molecule has 0 aromatic carbocycles. The van der Waals surface area contributed by atoms with Crippen LogP contribution in [0.1, 0.15) is 26.7 Å². The third-order valence-electron chi connectivity index (χ3n) is 2.53. The molecule has 0 fully saturated rings. The Morgan fingerprint density at radius 2 is 2.17 bits per heavy atom. The van der Waals surface area contributed by atoms with Gasteiger partial charge < -0.3 is 5.32 Å². The molecule has 2 heterocycles. The molecule has 0 saturated heterocycles. The quantitative estimate of drug-likeness (QED) is 0.919. The number of rotatable bonds is 3. The summed E-state index contributed by atoms with van der Waals surface area (Å²) < 4.78 is 0. The van der Waals surface area contributed by atoms with E-state index in [2.05, 4.69) is 21.4 Å². The average Bonchev–Trinajstić information content (AvgIpc) is 2.72. The average molecular weight is 258 g/mol. The predicted molar refractivity (Wildman–Crippen MR) is 72.6 cm³/mol. The number of pyridine rings is 1. The highest BCUT2D eigenvalue weighted by molar-refractivity contribution is 7.11. The fraction of sp³-hybridized carbons (Fsp3) is 0.308. The van der Waals surface area contributed by atoms with Gasteiger partial charge in [0, 0.05) is 16.8 Å². The van der Waals surface area contributed by atoms with Crippen molar-refractivity contribution in [1.29, 1.82) is 5.26 Å². The lowest BCUT2D eigenvalue weighted by atomic mass is 10.1. The molecule has 0 aliphatic rings. The van der Waals surface area contributed by atoms with E-state index < -0.39 is 0 Å². The van der Waals surface area contributed by atoms with Gasteiger partial charge in [0.05, 0.1) is 12.1 Å². The molecule has 2 rings (SSSR count). The Morgan fingerprint density at radius 3 is 2.78 bits per heavy atom. The van der Waals surface area contributed by atoms with Crippen LogP contribution in [0.2, 0.25) is 0 Å². The molecule has 0 aliphatic carbocycles. The summed E-state index contributed by atoms with van der Waals surface area (Å²) in [6.07, 6.45) is 1.85. The van der Waals surface area contributed by atoms with Crippen molar-refractivity contribution < 1.29 is 0 Å². The molecule has 2 aromatic rings. The topological polar surface area (TPSA) is 61.6 Å². The second kappa shape index (κ2) is 5.15. The molecule has 0 radical (unpaired) electrons. The van der Waals surface area contributed by atoms with E-state index >= 15 is 0 Å². The third kappa shape index (κ3) is 2.66. The van der Waals surface area contributed by atoms with E-state index in [9.17, 15) is 0 Å². The minimum absolute atomic E-state index is 0.600. The van der Waals surface area contributed by atoms with Crippen molar-refractivity contribution in [1.82, 2.24) is 9.97 Å². The fourth-order valence-electron chi connectivity index (χ4n) is 1.75. The lowest BCUT2D eigenvalue weighted by molar-refractivity contribution is 1.05.